The van der Waals surface area contributed by atoms with E-state index in [1.807, 2.05) is 64.0 Å². The summed E-state index contributed by atoms with van der Waals surface area (Å²) in [5.74, 6) is -0.445. The lowest BCUT2D eigenvalue weighted by molar-refractivity contribution is -0.211. The lowest BCUT2D eigenvalue weighted by atomic mass is 9.72. The maximum Gasteiger partial charge on any atom is 0.326 e. The minimum atomic E-state index is -0.810. The standard InChI is InChI=1S/C27H40N4O5/c1-7-10-21(19-11-12-22-20(17-19)13-16-35-22)28-26(34)31-24(33)27(8-2,9-3)25(31)36-18-23(32)30(6)15-14-29(4)5/h11-13,16-17,21,25H,7-10,14-15,18H2,1-6H3,(H,28,34). The Labute approximate surface area is 213 Å². The number of rotatable bonds is 12. The van der Waals surface area contributed by atoms with Gasteiger partial charge in [-0.3, -0.25) is 9.59 Å². The Balaban J connectivity index is 1.74. The minimum absolute atomic E-state index is 0.185. The third-order valence-corrected chi connectivity index (χ3v) is 7.26. The highest BCUT2D eigenvalue weighted by atomic mass is 16.5. The Morgan fingerprint density at radius 1 is 1.14 bits per heavy atom. The molecule has 9 heteroatoms. The smallest absolute Gasteiger partial charge is 0.326 e. The van der Waals surface area contributed by atoms with Gasteiger partial charge in [-0.25, -0.2) is 9.69 Å². The van der Waals surface area contributed by atoms with Gasteiger partial charge in [0, 0.05) is 25.5 Å². The molecular weight excluding hydrogens is 460 g/mol. The van der Waals surface area contributed by atoms with E-state index in [0.717, 1.165) is 34.4 Å². The number of furan rings is 1. The first-order valence-electron chi connectivity index (χ1n) is 12.8. The number of hydrogen-bond acceptors (Lipinski definition) is 6. The van der Waals surface area contributed by atoms with E-state index in [-0.39, 0.29) is 24.5 Å². The van der Waals surface area contributed by atoms with Crippen molar-refractivity contribution in [1.29, 1.82) is 0 Å². The molecule has 1 saturated heterocycles. The van der Waals surface area contributed by atoms with Crippen LogP contribution in [0.25, 0.3) is 11.0 Å². The second-order valence-corrected chi connectivity index (χ2v) is 9.83. The zero-order chi connectivity index (χ0) is 26.5. The van der Waals surface area contributed by atoms with Crippen molar-refractivity contribution in [2.45, 2.75) is 58.7 Å². The highest BCUT2D eigenvalue weighted by Crippen LogP contribution is 2.46. The summed E-state index contributed by atoms with van der Waals surface area (Å²) in [5, 5.41) is 3.99. The third kappa shape index (κ3) is 5.57. The van der Waals surface area contributed by atoms with Crippen LogP contribution >= 0.6 is 0 Å². The summed E-state index contributed by atoms with van der Waals surface area (Å²) in [6, 6.07) is 6.93. The summed E-state index contributed by atoms with van der Waals surface area (Å²) >= 11 is 0. The number of amides is 4. The predicted octanol–water partition coefficient (Wildman–Crippen LogP) is 3.99. The zero-order valence-corrected chi connectivity index (χ0v) is 22.4. The number of carbonyl (C=O) groups excluding carboxylic acids is 3. The predicted molar refractivity (Wildman–Crippen MR) is 138 cm³/mol. The molecule has 1 aromatic heterocycles. The van der Waals surface area contributed by atoms with Crippen molar-refractivity contribution in [3.05, 3.63) is 36.1 Å². The number of nitrogens with zero attached hydrogens (tertiary/aromatic N) is 3. The van der Waals surface area contributed by atoms with Gasteiger partial charge in [-0.1, -0.05) is 33.3 Å². The Morgan fingerprint density at radius 3 is 2.50 bits per heavy atom. The summed E-state index contributed by atoms with van der Waals surface area (Å²) in [7, 11) is 5.62. The molecule has 1 aromatic carbocycles. The maximum absolute atomic E-state index is 13.4. The zero-order valence-electron chi connectivity index (χ0n) is 22.4. The average molecular weight is 501 g/mol. The number of benzene rings is 1. The van der Waals surface area contributed by atoms with Crippen LogP contribution in [0.1, 0.15) is 58.1 Å². The molecule has 0 bridgehead atoms. The Kier molecular flexibility index (Phi) is 9.13. The summed E-state index contributed by atoms with van der Waals surface area (Å²) < 4.78 is 11.4. The van der Waals surface area contributed by atoms with Crippen LogP contribution in [0.2, 0.25) is 0 Å². The van der Waals surface area contributed by atoms with Gasteiger partial charge in [-0.2, -0.15) is 0 Å². The molecule has 2 unspecified atom stereocenters. The van der Waals surface area contributed by atoms with Crippen molar-refractivity contribution < 1.29 is 23.5 Å². The molecule has 0 radical (unpaired) electrons. The van der Waals surface area contributed by atoms with Crippen LogP contribution in [0.15, 0.2) is 34.9 Å². The molecule has 198 valence electrons. The van der Waals surface area contributed by atoms with Crippen LogP contribution in [0, 0.1) is 5.41 Å². The van der Waals surface area contributed by atoms with Gasteiger partial charge in [-0.15, -0.1) is 0 Å². The molecule has 1 aliphatic rings. The SMILES string of the molecule is CCCC(NC(=O)N1C(=O)C(CC)(CC)C1OCC(=O)N(C)CCN(C)C)c1ccc2occc2c1. The fourth-order valence-corrected chi connectivity index (χ4v) is 4.73. The summed E-state index contributed by atoms with van der Waals surface area (Å²) in [5.41, 5.74) is 0.914. The lowest BCUT2D eigenvalue weighted by Crippen LogP contribution is -2.72. The molecule has 1 fully saturated rings. The Hall–Kier alpha value is -2.91. The number of ether oxygens (including phenoxy) is 1. The number of imide groups is 1. The number of hydrogen-bond donors (Lipinski definition) is 1. The highest BCUT2D eigenvalue weighted by molar-refractivity contribution is 6.03. The topological polar surface area (TPSA) is 95.3 Å². The van der Waals surface area contributed by atoms with Crippen molar-refractivity contribution in [3.8, 4) is 0 Å². The van der Waals surface area contributed by atoms with Gasteiger partial charge in [0.2, 0.25) is 11.8 Å². The molecule has 0 spiro atoms. The van der Waals surface area contributed by atoms with Gasteiger partial charge < -0.3 is 24.3 Å². The highest BCUT2D eigenvalue weighted by Gasteiger charge is 2.62. The van der Waals surface area contributed by atoms with Crippen molar-refractivity contribution in [2.75, 3.05) is 40.8 Å². The molecule has 1 aliphatic heterocycles. The van der Waals surface area contributed by atoms with E-state index in [2.05, 4.69) is 5.32 Å². The number of carbonyl (C=O) groups is 3. The van der Waals surface area contributed by atoms with E-state index in [0.29, 0.717) is 25.8 Å². The van der Waals surface area contributed by atoms with Gasteiger partial charge in [-0.05, 0) is 57.1 Å². The Morgan fingerprint density at radius 2 is 1.86 bits per heavy atom. The monoisotopic (exact) mass is 500 g/mol. The second kappa shape index (κ2) is 11.9. The van der Waals surface area contributed by atoms with Crippen LogP contribution in [0.5, 0.6) is 0 Å². The number of urea groups is 1. The third-order valence-electron chi connectivity index (χ3n) is 7.26. The lowest BCUT2D eigenvalue weighted by Gasteiger charge is -2.53. The van der Waals surface area contributed by atoms with Gasteiger partial charge in [0.15, 0.2) is 6.23 Å². The first-order chi connectivity index (χ1) is 17.2. The molecule has 2 heterocycles. The summed E-state index contributed by atoms with van der Waals surface area (Å²) in [6.07, 6.45) is 3.46. The largest absolute Gasteiger partial charge is 0.464 e. The molecule has 3 rings (SSSR count). The normalized spacial score (nSPS) is 17.8. The van der Waals surface area contributed by atoms with Crippen LogP contribution < -0.4 is 5.32 Å². The molecule has 2 atom stereocenters. The summed E-state index contributed by atoms with van der Waals surface area (Å²) in [4.78, 5) is 44.0. The molecule has 1 N–H and O–H groups in total. The van der Waals surface area contributed by atoms with Crippen LogP contribution in [-0.4, -0.2) is 79.6 Å². The van der Waals surface area contributed by atoms with Crippen LogP contribution in [-0.2, 0) is 14.3 Å². The first-order valence-corrected chi connectivity index (χ1v) is 12.8. The fourth-order valence-electron chi connectivity index (χ4n) is 4.73. The van der Waals surface area contributed by atoms with Crippen LogP contribution in [0.3, 0.4) is 0 Å². The van der Waals surface area contributed by atoms with E-state index in [9.17, 15) is 14.4 Å². The number of β-lactam (4-membered cyclic amide) rings is 1. The van der Waals surface area contributed by atoms with Gasteiger partial charge >= 0.3 is 6.03 Å². The second-order valence-electron chi connectivity index (χ2n) is 9.83. The van der Waals surface area contributed by atoms with Crippen molar-refractivity contribution >= 4 is 28.8 Å². The Bertz CT molecular complexity index is 1060. The van der Waals surface area contributed by atoms with E-state index in [1.165, 1.54) is 0 Å². The number of likely N-dealkylation sites (N-methyl/N-ethyl adjacent to an activating group) is 2. The van der Waals surface area contributed by atoms with Crippen molar-refractivity contribution in [3.63, 3.8) is 0 Å². The molecule has 0 aliphatic carbocycles. The van der Waals surface area contributed by atoms with E-state index >= 15 is 0 Å². The number of fused-ring (bicyclic) bond motifs is 1. The van der Waals surface area contributed by atoms with Crippen LogP contribution in [0.4, 0.5) is 4.79 Å². The molecule has 2 aromatic rings. The molecule has 36 heavy (non-hydrogen) atoms. The fraction of sp³-hybridized carbons (Fsp3) is 0.593. The average Bonchev–Trinajstić information content (AvgIpc) is 3.33. The quantitative estimate of drug-likeness (QED) is 0.443. The number of likely N-dealkylation sites (tertiary alicyclic amines) is 1. The summed E-state index contributed by atoms with van der Waals surface area (Å²) in [6.45, 7) is 6.98. The van der Waals surface area contributed by atoms with Gasteiger partial charge in [0.05, 0.1) is 17.7 Å². The molecule has 0 saturated carbocycles. The maximum atomic E-state index is 13.4. The first kappa shape index (κ1) is 27.7. The van der Waals surface area contributed by atoms with E-state index in [4.69, 9.17) is 9.15 Å². The van der Waals surface area contributed by atoms with Gasteiger partial charge in [0.1, 0.15) is 12.2 Å². The van der Waals surface area contributed by atoms with Gasteiger partial charge in [0.25, 0.3) is 0 Å². The van der Waals surface area contributed by atoms with E-state index in [1.54, 1.807) is 18.2 Å². The molecule has 4 amide bonds. The molecular formula is C27H40N4O5. The molecule has 9 nitrogen and oxygen atoms in total. The van der Waals surface area contributed by atoms with Crippen molar-refractivity contribution in [1.82, 2.24) is 20.0 Å². The minimum Gasteiger partial charge on any atom is -0.464 e. The van der Waals surface area contributed by atoms with Crippen molar-refractivity contribution in [2.24, 2.45) is 5.41 Å². The van der Waals surface area contributed by atoms with E-state index < -0.39 is 17.7 Å². The number of nitrogens with one attached hydrogen (secondary N) is 1.